The van der Waals surface area contributed by atoms with Crippen LogP contribution in [0.25, 0.3) is 0 Å². The number of rotatable bonds is 7. The number of nitro groups is 1. The molecule has 3 N–H and O–H groups in total. The Labute approximate surface area is 147 Å². The van der Waals surface area contributed by atoms with Crippen LogP contribution < -0.4 is 10.6 Å². The third-order valence-corrected chi connectivity index (χ3v) is 3.53. The van der Waals surface area contributed by atoms with Crippen molar-refractivity contribution < 1.29 is 4.92 Å². The standard InChI is InChI=1S/C15H14ClN7O2/c16-10-1-3-11(4-2-10)21-15-20-9-12(23(24)25)14(22-15)19-6-5-13-17-7-8-18-13/h1-4,7-9H,5-6H2,(H,17,18)(H2,19,20,21,22). The number of imidazole rings is 1. The van der Waals surface area contributed by atoms with Crippen LogP contribution in [0.3, 0.4) is 0 Å². The second-order valence-electron chi connectivity index (χ2n) is 5.03. The van der Waals surface area contributed by atoms with Gasteiger partial charge in [0.2, 0.25) is 11.8 Å². The SMILES string of the molecule is O=[N+]([O-])c1cnc(Nc2ccc(Cl)cc2)nc1NCCc1ncc[nH]1. The van der Waals surface area contributed by atoms with E-state index in [1.165, 1.54) is 6.20 Å². The van der Waals surface area contributed by atoms with Gasteiger partial charge < -0.3 is 15.6 Å². The Hall–Kier alpha value is -3.20. The third kappa shape index (κ3) is 4.42. The number of aromatic nitrogens is 4. The fourth-order valence-electron chi connectivity index (χ4n) is 2.10. The van der Waals surface area contributed by atoms with Gasteiger partial charge in [-0.2, -0.15) is 4.98 Å². The summed E-state index contributed by atoms with van der Waals surface area (Å²) in [4.78, 5) is 25.9. The van der Waals surface area contributed by atoms with Crippen LogP contribution in [0.1, 0.15) is 5.82 Å². The van der Waals surface area contributed by atoms with E-state index in [1.54, 1.807) is 36.7 Å². The fourth-order valence-corrected chi connectivity index (χ4v) is 2.22. The summed E-state index contributed by atoms with van der Waals surface area (Å²) < 4.78 is 0. The first-order chi connectivity index (χ1) is 12.1. The van der Waals surface area contributed by atoms with E-state index >= 15 is 0 Å². The molecule has 0 saturated carbocycles. The normalized spacial score (nSPS) is 10.4. The molecule has 10 heteroatoms. The molecule has 0 bridgehead atoms. The predicted molar refractivity (Wildman–Crippen MR) is 94.2 cm³/mol. The lowest BCUT2D eigenvalue weighted by molar-refractivity contribution is -0.384. The first kappa shape index (κ1) is 16.7. The molecule has 2 aromatic heterocycles. The van der Waals surface area contributed by atoms with Crippen molar-refractivity contribution in [2.24, 2.45) is 0 Å². The van der Waals surface area contributed by atoms with Gasteiger partial charge in [-0.05, 0) is 24.3 Å². The van der Waals surface area contributed by atoms with Gasteiger partial charge in [-0.3, -0.25) is 10.1 Å². The number of hydrogen-bond donors (Lipinski definition) is 3. The second kappa shape index (κ2) is 7.58. The molecular formula is C15H14ClN7O2. The van der Waals surface area contributed by atoms with Crippen LogP contribution in [0.15, 0.2) is 42.9 Å². The quantitative estimate of drug-likeness (QED) is 0.437. The van der Waals surface area contributed by atoms with Gasteiger partial charge in [0.1, 0.15) is 12.0 Å². The van der Waals surface area contributed by atoms with Gasteiger partial charge in [0.25, 0.3) is 0 Å². The molecule has 0 saturated heterocycles. The maximum absolute atomic E-state index is 11.2. The summed E-state index contributed by atoms with van der Waals surface area (Å²) in [5, 5.41) is 17.7. The third-order valence-electron chi connectivity index (χ3n) is 3.28. The molecule has 0 unspecified atom stereocenters. The summed E-state index contributed by atoms with van der Waals surface area (Å²) in [5.41, 5.74) is 0.529. The summed E-state index contributed by atoms with van der Waals surface area (Å²) in [6.07, 6.45) is 5.11. The van der Waals surface area contributed by atoms with Crippen molar-refractivity contribution in [2.75, 3.05) is 17.2 Å². The Bertz CT molecular complexity index is 853. The lowest BCUT2D eigenvalue weighted by atomic mass is 10.3. The minimum Gasteiger partial charge on any atom is -0.364 e. The lowest BCUT2D eigenvalue weighted by Gasteiger charge is -2.08. The van der Waals surface area contributed by atoms with Gasteiger partial charge in [0.05, 0.1) is 4.92 Å². The fraction of sp³-hybridized carbons (Fsp3) is 0.133. The van der Waals surface area contributed by atoms with Gasteiger partial charge in [-0.25, -0.2) is 9.97 Å². The lowest BCUT2D eigenvalue weighted by Crippen LogP contribution is -2.11. The van der Waals surface area contributed by atoms with Crippen LogP contribution in [-0.4, -0.2) is 31.4 Å². The van der Waals surface area contributed by atoms with E-state index in [-0.39, 0.29) is 17.5 Å². The molecule has 0 aliphatic carbocycles. The summed E-state index contributed by atoms with van der Waals surface area (Å²) >= 11 is 5.84. The predicted octanol–water partition coefficient (Wildman–Crippen LogP) is 3.16. The average Bonchev–Trinajstić information content (AvgIpc) is 3.10. The van der Waals surface area contributed by atoms with E-state index < -0.39 is 4.92 Å². The van der Waals surface area contributed by atoms with E-state index in [1.807, 2.05) is 0 Å². The van der Waals surface area contributed by atoms with E-state index in [0.717, 1.165) is 11.5 Å². The van der Waals surface area contributed by atoms with Crippen LogP contribution in [0.5, 0.6) is 0 Å². The molecule has 0 aliphatic rings. The highest BCUT2D eigenvalue weighted by Crippen LogP contribution is 2.24. The molecule has 0 radical (unpaired) electrons. The van der Waals surface area contributed by atoms with Crippen molar-refractivity contribution >= 4 is 34.7 Å². The monoisotopic (exact) mass is 359 g/mol. The van der Waals surface area contributed by atoms with E-state index in [2.05, 4.69) is 30.6 Å². The Balaban J connectivity index is 1.74. The topological polar surface area (TPSA) is 122 Å². The molecule has 0 fully saturated rings. The molecule has 0 aliphatic heterocycles. The molecule has 128 valence electrons. The Morgan fingerprint density at radius 1 is 1.24 bits per heavy atom. The Kier molecular flexibility index (Phi) is 5.05. The highest BCUT2D eigenvalue weighted by atomic mass is 35.5. The zero-order valence-electron chi connectivity index (χ0n) is 12.9. The average molecular weight is 360 g/mol. The van der Waals surface area contributed by atoms with Crippen LogP contribution >= 0.6 is 11.6 Å². The zero-order valence-corrected chi connectivity index (χ0v) is 13.7. The summed E-state index contributed by atoms with van der Waals surface area (Å²) in [5.74, 6) is 1.17. The minimum absolute atomic E-state index is 0.142. The van der Waals surface area contributed by atoms with Crippen LogP contribution in [0.2, 0.25) is 5.02 Å². The first-order valence-electron chi connectivity index (χ1n) is 7.38. The molecule has 2 heterocycles. The van der Waals surface area contributed by atoms with Gasteiger partial charge in [0.15, 0.2) is 0 Å². The van der Waals surface area contributed by atoms with Gasteiger partial charge in [-0.1, -0.05) is 11.6 Å². The van der Waals surface area contributed by atoms with Crippen molar-refractivity contribution in [1.82, 2.24) is 19.9 Å². The molecule has 1 aromatic carbocycles. The summed E-state index contributed by atoms with van der Waals surface area (Å²) in [6, 6.07) is 6.96. The minimum atomic E-state index is -0.526. The van der Waals surface area contributed by atoms with Crippen molar-refractivity contribution in [3.63, 3.8) is 0 Å². The molecule has 0 spiro atoms. The van der Waals surface area contributed by atoms with Gasteiger partial charge >= 0.3 is 5.69 Å². The van der Waals surface area contributed by atoms with E-state index in [9.17, 15) is 10.1 Å². The number of nitrogens with zero attached hydrogens (tertiary/aromatic N) is 4. The molecule has 3 aromatic rings. The largest absolute Gasteiger partial charge is 0.364 e. The first-order valence-corrected chi connectivity index (χ1v) is 7.76. The highest BCUT2D eigenvalue weighted by molar-refractivity contribution is 6.30. The van der Waals surface area contributed by atoms with Gasteiger partial charge in [-0.15, -0.1) is 0 Å². The second-order valence-corrected chi connectivity index (χ2v) is 5.47. The zero-order chi connectivity index (χ0) is 17.6. The van der Waals surface area contributed by atoms with Crippen LogP contribution in [0.4, 0.5) is 23.1 Å². The Morgan fingerprint density at radius 3 is 2.72 bits per heavy atom. The van der Waals surface area contributed by atoms with Crippen molar-refractivity contribution in [3.8, 4) is 0 Å². The van der Waals surface area contributed by atoms with Crippen LogP contribution in [0, 0.1) is 10.1 Å². The maximum atomic E-state index is 11.2. The van der Waals surface area contributed by atoms with Gasteiger partial charge in [0, 0.05) is 36.1 Å². The summed E-state index contributed by atoms with van der Waals surface area (Å²) in [6.45, 7) is 0.436. The van der Waals surface area contributed by atoms with Crippen molar-refractivity contribution in [1.29, 1.82) is 0 Å². The number of nitrogens with one attached hydrogen (secondary N) is 3. The van der Waals surface area contributed by atoms with Crippen LogP contribution in [-0.2, 0) is 6.42 Å². The van der Waals surface area contributed by atoms with Crippen molar-refractivity contribution in [2.45, 2.75) is 6.42 Å². The molecule has 9 nitrogen and oxygen atoms in total. The number of hydrogen-bond acceptors (Lipinski definition) is 7. The highest BCUT2D eigenvalue weighted by Gasteiger charge is 2.17. The number of benzene rings is 1. The smallest absolute Gasteiger partial charge is 0.329 e. The van der Waals surface area contributed by atoms with E-state index in [4.69, 9.17) is 11.6 Å². The van der Waals surface area contributed by atoms with E-state index in [0.29, 0.717) is 18.0 Å². The molecular weight excluding hydrogens is 346 g/mol. The number of H-pyrrole nitrogens is 1. The molecule has 0 amide bonds. The summed E-state index contributed by atoms with van der Waals surface area (Å²) in [7, 11) is 0. The number of aromatic amines is 1. The molecule has 25 heavy (non-hydrogen) atoms. The number of halogens is 1. The molecule has 0 atom stereocenters. The van der Waals surface area contributed by atoms with Crippen molar-refractivity contribution in [3.05, 3.63) is 63.8 Å². The number of anilines is 3. The molecule has 3 rings (SSSR count). The maximum Gasteiger partial charge on any atom is 0.329 e. The Morgan fingerprint density at radius 2 is 2.04 bits per heavy atom.